The molecule has 0 bridgehead atoms. The number of nitrogens with zero attached hydrogens (tertiary/aromatic N) is 2. The summed E-state index contributed by atoms with van der Waals surface area (Å²) in [6.07, 6.45) is 0.264. The van der Waals surface area contributed by atoms with Crippen molar-refractivity contribution in [3.05, 3.63) is 71.3 Å². The van der Waals surface area contributed by atoms with Gasteiger partial charge < -0.3 is 0 Å². The molecular weight excluding hydrogens is 324 g/mol. The standard InChI is InChI=1S/C22H26N2O2/c1-16(2)18-11-9-17(10-12-18)14-23(3)15-24-21(25)13-20(22(24)26)19-7-5-4-6-8-19/h4-12,16,20H,13-15H2,1-3H3/t20-/m1/s1. The molecule has 0 N–H and O–H groups in total. The Bertz CT molecular complexity index is 768. The van der Waals surface area contributed by atoms with Gasteiger partial charge in [0.25, 0.3) is 0 Å². The Kier molecular flexibility index (Phi) is 5.52. The van der Waals surface area contributed by atoms with Crippen LogP contribution in [-0.4, -0.2) is 35.3 Å². The largest absolute Gasteiger partial charge is 0.284 e. The van der Waals surface area contributed by atoms with Crippen molar-refractivity contribution in [2.45, 2.75) is 38.6 Å². The number of carbonyl (C=O) groups excluding carboxylic acids is 2. The lowest BCUT2D eigenvalue weighted by atomic mass is 9.98. The molecule has 4 heteroatoms. The van der Waals surface area contributed by atoms with Crippen LogP contribution in [0.25, 0.3) is 0 Å². The van der Waals surface area contributed by atoms with Crippen LogP contribution in [0.4, 0.5) is 0 Å². The molecule has 1 heterocycles. The van der Waals surface area contributed by atoms with Crippen molar-refractivity contribution in [2.75, 3.05) is 13.7 Å². The molecule has 2 aromatic rings. The molecule has 2 aromatic carbocycles. The van der Waals surface area contributed by atoms with Crippen molar-refractivity contribution in [1.29, 1.82) is 0 Å². The Morgan fingerprint density at radius 3 is 2.31 bits per heavy atom. The van der Waals surface area contributed by atoms with Crippen LogP contribution in [0.15, 0.2) is 54.6 Å². The third-order valence-corrected chi connectivity index (χ3v) is 4.93. The fraction of sp³-hybridized carbons (Fsp3) is 0.364. The highest BCUT2D eigenvalue weighted by molar-refractivity contribution is 6.06. The van der Waals surface area contributed by atoms with Crippen molar-refractivity contribution in [3.8, 4) is 0 Å². The summed E-state index contributed by atoms with van der Waals surface area (Å²) in [5, 5.41) is 0. The van der Waals surface area contributed by atoms with Crippen molar-refractivity contribution >= 4 is 11.8 Å². The lowest BCUT2D eigenvalue weighted by Gasteiger charge is -2.23. The zero-order valence-corrected chi connectivity index (χ0v) is 15.7. The minimum atomic E-state index is -0.345. The van der Waals surface area contributed by atoms with E-state index in [1.165, 1.54) is 16.0 Å². The second kappa shape index (κ2) is 7.83. The van der Waals surface area contributed by atoms with E-state index in [0.29, 0.717) is 19.1 Å². The van der Waals surface area contributed by atoms with E-state index >= 15 is 0 Å². The minimum absolute atomic E-state index is 0.0918. The fourth-order valence-corrected chi connectivity index (χ4v) is 3.39. The van der Waals surface area contributed by atoms with Crippen LogP contribution in [0.5, 0.6) is 0 Å². The number of carbonyl (C=O) groups is 2. The monoisotopic (exact) mass is 350 g/mol. The second-order valence-electron chi connectivity index (χ2n) is 7.38. The van der Waals surface area contributed by atoms with Gasteiger partial charge in [0.1, 0.15) is 0 Å². The van der Waals surface area contributed by atoms with E-state index in [9.17, 15) is 9.59 Å². The molecule has 1 saturated heterocycles. The first-order valence-electron chi connectivity index (χ1n) is 9.12. The molecule has 0 unspecified atom stereocenters. The first-order chi connectivity index (χ1) is 12.5. The van der Waals surface area contributed by atoms with Crippen LogP contribution in [0.1, 0.15) is 48.8 Å². The first kappa shape index (κ1) is 18.3. The van der Waals surface area contributed by atoms with Gasteiger partial charge in [-0.3, -0.25) is 19.4 Å². The minimum Gasteiger partial charge on any atom is -0.284 e. The third-order valence-electron chi connectivity index (χ3n) is 4.93. The SMILES string of the molecule is CC(C)c1ccc(CN(C)CN2C(=O)C[C@H](c3ccccc3)C2=O)cc1. The molecule has 26 heavy (non-hydrogen) atoms. The summed E-state index contributed by atoms with van der Waals surface area (Å²) in [6.45, 7) is 5.38. The Hall–Kier alpha value is -2.46. The highest BCUT2D eigenvalue weighted by Gasteiger charge is 2.39. The van der Waals surface area contributed by atoms with E-state index in [4.69, 9.17) is 0 Å². The summed E-state index contributed by atoms with van der Waals surface area (Å²) in [5.74, 6) is -0.0203. The van der Waals surface area contributed by atoms with Gasteiger partial charge in [0.15, 0.2) is 0 Å². The summed E-state index contributed by atoms with van der Waals surface area (Å²) < 4.78 is 0. The molecule has 4 nitrogen and oxygen atoms in total. The van der Waals surface area contributed by atoms with E-state index in [1.807, 2.05) is 42.3 Å². The number of rotatable bonds is 6. The smallest absolute Gasteiger partial charge is 0.238 e. The maximum Gasteiger partial charge on any atom is 0.238 e. The molecule has 3 rings (SSSR count). The molecule has 1 aliphatic heterocycles. The van der Waals surface area contributed by atoms with Crippen molar-refractivity contribution in [2.24, 2.45) is 0 Å². The van der Waals surface area contributed by atoms with Gasteiger partial charge in [-0.05, 0) is 29.7 Å². The van der Waals surface area contributed by atoms with Crippen LogP contribution in [0.2, 0.25) is 0 Å². The van der Waals surface area contributed by atoms with E-state index in [0.717, 1.165) is 5.56 Å². The van der Waals surface area contributed by atoms with Gasteiger partial charge in [0.05, 0.1) is 12.6 Å². The molecule has 1 fully saturated rings. The number of benzene rings is 2. The lowest BCUT2D eigenvalue weighted by molar-refractivity contribution is -0.141. The zero-order valence-electron chi connectivity index (χ0n) is 15.7. The number of hydrogen-bond donors (Lipinski definition) is 0. The van der Waals surface area contributed by atoms with E-state index in [1.54, 1.807) is 0 Å². The summed E-state index contributed by atoms with van der Waals surface area (Å²) in [4.78, 5) is 28.5. The molecular formula is C22H26N2O2. The van der Waals surface area contributed by atoms with Gasteiger partial charge in [-0.2, -0.15) is 0 Å². The predicted molar refractivity (Wildman–Crippen MR) is 103 cm³/mol. The summed E-state index contributed by atoms with van der Waals surface area (Å²) in [7, 11) is 1.94. The van der Waals surface area contributed by atoms with E-state index < -0.39 is 0 Å². The number of hydrogen-bond acceptors (Lipinski definition) is 3. The van der Waals surface area contributed by atoms with Gasteiger partial charge in [-0.1, -0.05) is 68.4 Å². The van der Waals surface area contributed by atoms with Gasteiger partial charge in [-0.15, -0.1) is 0 Å². The Morgan fingerprint density at radius 1 is 1.04 bits per heavy atom. The molecule has 0 aliphatic carbocycles. The summed E-state index contributed by atoms with van der Waals surface area (Å²) in [5.41, 5.74) is 3.41. The third kappa shape index (κ3) is 4.02. The molecule has 2 amide bonds. The number of likely N-dealkylation sites (tertiary alicyclic amines) is 1. The molecule has 0 radical (unpaired) electrons. The normalized spacial score (nSPS) is 17.6. The molecule has 0 spiro atoms. The Labute approximate surface area is 155 Å². The lowest BCUT2D eigenvalue weighted by Crippen LogP contribution is -2.39. The van der Waals surface area contributed by atoms with Crippen LogP contribution in [0, 0.1) is 0 Å². The first-order valence-corrected chi connectivity index (χ1v) is 9.12. The van der Waals surface area contributed by atoms with Crippen molar-refractivity contribution in [3.63, 3.8) is 0 Å². The molecule has 0 aromatic heterocycles. The van der Waals surface area contributed by atoms with Crippen LogP contribution in [-0.2, 0) is 16.1 Å². The molecule has 1 atom stereocenters. The molecule has 0 saturated carbocycles. The summed E-state index contributed by atoms with van der Waals surface area (Å²) in [6, 6.07) is 18.1. The second-order valence-corrected chi connectivity index (χ2v) is 7.38. The average Bonchev–Trinajstić information content (AvgIpc) is 2.91. The quantitative estimate of drug-likeness (QED) is 0.745. The maximum absolute atomic E-state index is 12.7. The molecule has 1 aliphatic rings. The summed E-state index contributed by atoms with van der Waals surface area (Å²) >= 11 is 0. The van der Waals surface area contributed by atoms with E-state index in [-0.39, 0.29) is 24.2 Å². The Balaban J connectivity index is 1.62. The van der Waals surface area contributed by atoms with Crippen LogP contribution in [0.3, 0.4) is 0 Å². The molecule has 136 valence electrons. The fourth-order valence-electron chi connectivity index (χ4n) is 3.39. The maximum atomic E-state index is 12.7. The average molecular weight is 350 g/mol. The van der Waals surface area contributed by atoms with Gasteiger partial charge in [0, 0.05) is 13.0 Å². The van der Waals surface area contributed by atoms with Gasteiger partial charge >= 0.3 is 0 Å². The number of imide groups is 1. The highest BCUT2D eigenvalue weighted by atomic mass is 16.2. The van der Waals surface area contributed by atoms with Crippen molar-refractivity contribution in [1.82, 2.24) is 9.80 Å². The van der Waals surface area contributed by atoms with Crippen LogP contribution >= 0.6 is 0 Å². The highest BCUT2D eigenvalue weighted by Crippen LogP contribution is 2.29. The van der Waals surface area contributed by atoms with Crippen LogP contribution < -0.4 is 0 Å². The van der Waals surface area contributed by atoms with Gasteiger partial charge in [-0.25, -0.2) is 0 Å². The predicted octanol–water partition coefficient (Wildman–Crippen LogP) is 3.74. The Morgan fingerprint density at radius 2 is 1.69 bits per heavy atom. The zero-order chi connectivity index (χ0) is 18.7. The topological polar surface area (TPSA) is 40.6 Å². The van der Waals surface area contributed by atoms with E-state index in [2.05, 4.69) is 38.1 Å². The van der Waals surface area contributed by atoms with Gasteiger partial charge in [0.2, 0.25) is 11.8 Å². The number of amides is 2. The van der Waals surface area contributed by atoms with Crippen molar-refractivity contribution < 1.29 is 9.59 Å².